The van der Waals surface area contributed by atoms with Gasteiger partial charge in [-0.15, -0.1) is 0 Å². The number of aliphatic hydroxyl groups is 1. The Bertz CT molecular complexity index is 1230. The number of primary amides is 1. The summed E-state index contributed by atoms with van der Waals surface area (Å²) >= 11 is 0. The maximum absolute atomic E-state index is 12.7. The second-order valence-electron chi connectivity index (χ2n) is 8.80. The number of nitrogens with two attached hydrogens (primary N) is 1. The highest BCUT2D eigenvalue weighted by Gasteiger charge is 2.50. The molecule has 1 aliphatic heterocycles. The second-order valence-corrected chi connectivity index (χ2v) is 8.80. The molecule has 3 aromatic rings. The molecular formula is C25H27NO7. The number of hydrogen-bond acceptors (Lipinski definition) is 7. The monoisotopic (exact) mass is 453 g/mol. The average Bonchev–Trinajstić information content (AvgIpc) is 2.75. The third-order valence-electron chi connectivity index (χ3n) is 6.33. The number of carbonyl (C=O) groups excluding carboxylic acids is 1. The Morgan fingerprint density at radius 2 is 1.85 bits per heavy atom. The lowest BCUT2D eigenvalue weighted by molar-refractivity contribution is -0.283. The number of carbonyl (C=O) groups is 1. The summed E-state index contributed by atoms with van der Waals surface area (Å²) in [7, 11) is 0. The van der Waals surface area contributed by atoms with Crippen LogP contribution < -0.4 is 16.1 Å². The number of ether oxygens (including phenoxy) is 3. The van der Waals surface area contributed by atoms with Crippen molar-refractivity contribution in [2.75, 3.05) is 0 Å². The van der Waals surface area contributed by atoms with Gasteiger partial charge in [0.2, 0.25) is 6.29 Å². The van der Waals surface area contributed by atoms with Crippen molar-refractivity contribution in [2.45, 2.75) is 51.8 Å². The SMILES string of the molecule is Cc1c(-c2ccccc2)c(=O)oc2cc(OC3OC(C)(C)[C@H](C)[C@@H](OC(N)=O)[C@@H]3O)ccc12. The molecule has 1 amide bonds. The molecule has 174 valence electrons. The van der Waals surface area contributed by atoms with Crippen molar-refractivity contribution in [1.82, 2.24) is 0 Å². The van der Waals surface area contributed by atoms with E-state index in [4.69, 9.17) is 24.4 Å². The van der Waals surface area contributed by atoms with Crippen LogP contribution in [0.2, 0.25) is 0 Å². The zero-order valence-electron chi connectivity index (χ0n) is 18.9. The van der Waals surface area contributed by atoms with Crippen LogP contribution in [0.4, 0.5) is 4.79 Å². The average molecular weight is 453 g/mol. The summed E-state index contributed by atoms with van der Waals surface area (Å²) in [6, 6.07) is 14.4. The largest absolute Gasteiger partial charge is 0.462 e. The van der Waals surface area contributed by atoms with Crippen molar-refractivity contribution in [3.8, 4) is 16.9 Å². The van der Waals surface area contributed by atoms with Crippen LogP contribution in [0.1, 0.15) is 26.3 Å². The molecule has 1 fully saturated rings. The van der Waals surface area contributed by atoms with Gasteiger partial charge in [0, 0.05) is 17.4 Å². The Morgan fingerprint density at radius 3 is 2.52 bits per heavy atom. The maximum Gasteiger partial charge on any atom is 0.404 e. The summed E-state index contributed by atoms with van der Waals surface area (Å²) in [4.78, 5) is 24.1. The number of rotatable bonds is 4. The third kappa shape index (κ3) is 4.31. The van der Waals surface area contributed by atoms with Gasteiger partial charge < -0.3 is 29.5 Å². The summed E-state index contributed by atoms with van der Waals surface area (Å²) in [5.41, 5.74) is 6.38. The Labute approximate surface area is 190 Å². The van der Waals surface area contributed by atoms with Crippen LogP contribution in [-0.4, -0.2) is 35.3 Å². The second kappa shape index (κ2) is 8.53. The molecule has 2 heterocycles. The van der Waals surface area contributed by atoms with Crippen molar-refractivity contribution in [1.29, 1.82) is 0 Å². The number of aryl methyl sites for hydroxylation is 1. The standard InChI is InChI=1S/C25H27NO7/c1-13-17-11-10-16(12-18(17)31-22(28)19(13)15-8-6-5-7-9-15)30-23-20(27)21(32-24(26)29)14(2)25(3,4)33-23/h5-12,14,20-21,23,27H,1-4H3,(H2,26,29)/t14-,20+,21-,23?/m1/s1. The minimum absolute atomic E-state index is 0.324. The van der Waals surface area contributed by atoms with E-state index < -0.39 is 35.8 Å². The topological polar surface area (TPSA) is 121 Å². The predicted molar refractivity (Wildman–Crippen MR) is 122 cm³/mol. The first-order valence-electron chi connectivity index (χ1n) is 10.7. The van der Waals surface area contributed by atoms with Gasteiger partial charge in [0.1, 0.15) is 17.4 Å². The van der Waals surface area contributed by atoms with E-state index in [9.17, 15) is 14.7 Å². The molecule has 8 heteroatoms. The fourth-order valence-corrected chi connectivity index (χ4v) is 4.20. The summed E-state index contributed by atoms with van der Waals surface area (Å²) in [5, 5.41) is 11.5. The van der Waals surface area contributed by atoms with E-state index in [2.05, 4.69) is 0 Å². The Kier molecular flexibility index (Phi) is 5.90. The van der Waals surface area contributed by atoms with Gasteiger partial charge >= 0.3 is 11.7 Å². The molecule has 0 radical (unpaired) electrons. The third-order valence-corrected chi connectivity index (χ3v) is 6.33. The first-order valence-corrected chi connectivity index (χ1v) is 10.7. The Hall–Kier alpha value is -3.36. The van der Waals surface area contributed by atoms with Gasteiger partial charge in [-0.05, 0) is 44.0 Å². The van der Waals surface area contributed by atoms with Crippen molar-refractivity contribution in [3.63, 3.8) is 0 Å². The molecule has 0 spiro atoms. The van der Waals surface area contributed by atoms with Crippen LogP contribution in [0.3, 0.4) is 0 Å². The van der Waals surface area contributed by atoms with Crippen LogP contribution in [0, 0.1) is 12.8 Å². The molecule has 8 nitrogen and oxygen atoms in total. The molecule has 0 bridgehead atoms. The van der Waals surface area contributed by atoms with Crippen LogP contribution in [0.5, 0.6) is 5.75 Å². The van der Waals surface area contributed by atoms with Crippen molar-refractivity contribution in [2.24, 2.45) is 11.7 Å². The molecule has 0 saturated carbocycles. The molecule has 1 aromatic heterocycles. The van der Waals surface area contributed by atoms with E-state index in [1.165, 1.54) is 0 Å². The van der Waals surface area contributed by atoms with Gasteiger partial charge in [0.25, 0.3) is 0 Å². The highest BCUT2D eigenvalue weighted by atomic mass is 16.7. The van der Waals surface area contributed by atoms with Crippen molar-refractivity contribution >= 4 is 17.1 Å². The van der Waals surface area contributed by atoms with Crippen LogP contribution in [0.15, 0.2) is 57.7 Å². The summed E-state index contributed by atoms with van der Waals surface area (Å²) in [5.74, 6) is -0.0155. The first kappa shape index (κ1) is 22.8. The molecule has 4 atom stereocenters. The van der Waals surface area contributed by atoms with Crippen LogP contribution >= 0.6 is 0 Å². The zero-order chi connectivity index (χ0) is 23.9. The van der Waals surface area contributed by atoms with Crippen molar-refractivity contribution in [3.05, 3.63) is 64.5 Å². The minimum atomic E-state index is -1.27. The Morgan fingerprint density at radius 1 is 1.15 bits per heavy atom. The highest BCUT2D eigenvalue weighted by Crippen LogP contribution is 2.37. The summed E-state index contributed by atoms with van der Waals surface area (Å²) in [6.45, 7) is 7.28. The molecule has 4 rings (SSSR count). The quantitative estimate of drug-likeness (QED) is 0.577. The van der Waals surface area contributed by atoms with E-state index >= 15 is 0 Å². The molecule has 33 heavy (non-hydrogen) atoms. The van der Waals surface area contributed by atoms with Gasteiger partial charge in [-0.3, -0.25) is 0 Å². The Balaban J connectivity index is 1.67. The minimum Gasteiger partial charge on any atom is -0.462 e. The normalized spacial score (nSPS) is 24.4. The predicted octanol–water partition coefficient (Wildman–Crippen LogP) is 3.74. The highest BCUT2D eigenvalue weighted by molar-refractivity contribution is 5.87. The van der Waals surface area contributed by atoms with Crippen molar-refractivity contribution < 1.29 is 28.5 Å². The molecular weight excluding hydrogens is 426 g/mol. The maximum atomic E-state index is 12.7. The van der Waals surface area contributed by atoms with Gasteiger partial charge in [-0.2, -0.15) is 0 Å². The van der Waals surface area contributed by atoms with E-state index in [1.807, 2.05) is 51.1 Å². The van der Waals surface area contributed by atoms with E-state index in [0.717, 1.165) is 16.5 Å². The number of aliphatic hydroxyl groups excluding tert-OH is 1. The van der Waals surface area contributed by atoms with Crippen LogP contribution in [-0.2, 0) is 9.47 Å². The number of benzene rings is 2. The number of amides is 1. The molecule has 2 aromatic carbocycles. The fraction of sp³-hybridized carbons (Fsp3) is 0.360. The van der Waals surface area contributed by atoms with E-state index in [-0.39, 0.29) is 5.92 Å². The van der Waals surface area contributed by atoms with E-state index in [0.29, 0.717) is 16.9 Å². The first-order chi connectivity index (χ1) is 15.6. The molecule has 3 N–H and O–H groups in total. The number of fused-ring (bicyclic) bond motifs is 1. The van der Waals surface area contributed by atoms with Gasteiger partial charge in [-0.25, -0.2) is 9.59 Å². The lowest BCUT2D eigenvalue weighted by Gasteiger charge is -2.47. The molecule has 0 aliphatic carbocycles. The molecule has 1 aliphatic rings. The summed E-state index contributed by atoms with van der Waals surface area (Å²) in [6.07, 6.45) is -4.30. The lowest BCUT2D eigenvalue weighted by Crippen LogP contribution is -2.60. The molecule has 1 unspecified atom stereocenters. The summed E-state index contributed by atoms with van der Waals surface area (Å²) < 4.78 is 22.6. The number of hydrogen-bond donors (Lipinski definition) is 2. The van der Waals surface area contributed by atoms with Gasteiger partial charge in [-0.1, -0.05) is 37.3 Å². The molecule has 1 saturated heterocycles. The smallest absolute Gasteiger partial charge is 0.404 e. The fourth-order valence-electron chi connectivity index (χ4n) is 4.20. The van der Waals surface area contributed by atoms with Crippen LogP contribution in [0.25, 0.3) is 22.1 Å². The zero-order valence-corrected chi connectivity index (χ0v) is 18.9. The van der Waals surface area contributed by atoms with Gasteiger partial charge in [0.15, 0.2) is 6.10 Å². The van der Waals surface area contributed by atoms with Gasteiger partial charge in [0.05, 0.1) is 11.2 Å². The van der Waals surface area contributed by atoms with E-state index in [1.54, 1.807) is 25.1 Å². The lowest BCUT2D eigenvalue weighted by atomic mass is 9.82.